The molecule has 0 aliphatic carbocycles. The molecule has 0 saturated carbocycles. The molecule has 0 bridgehead atoms. The number of alkyl halides is 2. The van der Waals surface area contributed by atoms with Gasteiger partial charge < -0.3 is 10.5 Å². The Morgan fingerprint density at radius 1 is 1.35 bits per heavy atom. The van der Waals surface area contributed by atoms with E-state index in [0.717, 1.165) is 31.6 Å². The number of nitrogens with two attached hydrogens (primary N) is 1. The number of halogens is 3. The summed E-state index contributed by atoms with van der Waals surface area (Å²) in [5.74, 6) is 0.768. The molecule has 1 aliphatic heterocycles. The van der Waals surface area contributed by atoms with Gasteiger partial charge in [0.1, 0.15) is 5.75 Å². The van der Waals surface area contributed by atoms with E-state index in [1.807, 2.05) is 12.1 Å². The van der Waals surface area contributed by atoms with Crippen molar-refractivity contribution in [2.45, 2.75) is 32.5 Å². The van der Waals surface area contributed by atoms with Crippen LogP contribution in [0.5, 0.6) is 5.75 Å². The number of ether oxygens (including phenoxy) is 1. The van der Waals surface area contributed by atoms with Crippen molar-refractivity contribution < 1.29 is 13.5 Å². The summed E-state index contributed by atoms with van der Waals surface area (Å²) in [6.07, 6.45) is 1.13. The number of likely N-dealkylation sites (tertiary alicyclic amines) is 1. The minimum absolute atomic E-state index is 0. The zero-order chi connectivity index (χ0) is 13.8. The van der Waals surface area contributed by atoms with E-state index in [1.165, 1.54) is 0 Å². The fraction of sp³-hybridized carbons (Fsp3) is 0.571. The number of nitrogens with zero attached hydrogens (tertiary/aromatic N) is 1. The highest BCUT2D eigenvalue weighted by Crippen LogP contribution is 2.24. The molecule has 1 fully saturated rings. The van der Waals surface area contributed by atoms with Crippen LogP contribution in [0.4, 0.5) is 8.78 Å². The molecular formula is C14H21ClF2N2O. The lowest BCUT2D eigenvalue weighted by molar-refractivity contribution is -0.0498. The lowest BCUT2D eigenvalue weighted by Crippen LogP contribution is -2.27. The highest BCUT2D eigenvalue weighted by atomic mass is 35.5. The molecule has 0 spiro atoms. The van der Waals surface area contributed by atoms with Gasteiger partial charge in [-0.15, -0.1) is 12.4 Å². The van der Waals surface area contributed by atoms with Crippen molar-refractivity contribution in [3.05, 3.63) is 29.8 Å². The molecule has 6 heteroatoms. The summed E-state index contributed by atoms with van der Waals surface area (Å²) in [4.78, 5) is 2.38. The van der Waals surface area contributed by atoms with Gasteiger partial charge in [-0.1, -0.05) is 12.1 Å². The van der Waals surface area contributed by atoms with Crippen LogP contribution in [0.2, 0.25) is 0 Å². The Hall–Kier alpha value is -0.910. The summed E-state index contributed by atoms with van der Waals surface area (Å²) in [6.45, 7) is 1.99. The highest BCUT2D eigenvalue weighted by Gasteiger charge is 2.27. The maximum Gasteiger partial charge on any atom is 0.387 e. The van der Waals surface area contributed by atoms with Gasteiger partial charge in [0.15, 0.2) is 0 Å². The minimum atomic E-state index is -2.77. The second-order valence-electron chi connectivity index (χ2n) is 5.14. The van der Waals surface area contributed by atoms with Gasteiger partial charge in [0.2, 0.25) is 0 Å². The van der Waals surface area contributed by atoms with E-state index < -0.39 is 6.61 Å². The van der Waals surface area contributed by atoms with E-state index in [2.05, 4.69) is 16.6 Å². The van der Waals surface area contributed by atoms with Crippen LogP contribution in [0, 0.1) is 5.92 Å². The molecule has 1 aromatic carbocycles. The lowest BCUT2D eigenvalue weighted by atomic mass is 10.1. The average Bonchev–Trinajstić information content (AvgIpc) is 2.72. The van der Waals surface area contributed by atoms with Gasteiger partial charge >= 0.3 is 6.61 Å². The summed E-state index contributed by atoms with van der Waals surface area (Å²) >= 11 is 0. The van der Waals surface area contributed by atoms with E-state index in [-0.39, 0.29) is 18.2 Å². The van der Waals surface area contributed by atoms with Crippen molar-refractivity contribution in [3.63, 3.8) is 0 Å². The summed E-state index contributed by atoms with van der Waals surface area (Å²) in [7, 11) is 0. The Balaban J connectivity index is 0.00000200. The minimum Gasteiger partial charge on any atom is -0.435 e. The predicted octanol–water partition coefficient (Wildman–Crippen LogP) is 2.88. The molecule has 1 aromatic rings. The van der Waals surface area contributed by atoms with Crippen molar-refractivity contribution in [1.29, 1.82) is 0 Å². The van der Waals surface area contributed by atoms with Gasteiger partial charge in [-0.3, -0.25) is 4.90 Å². The van der Waals surface area contributed by atoms with Gasteiger partial charge in [-0.2, -0.15) is 8.78 Å². The van der Waals surface area contributed by atoms with Crippen LogP contribution in [0.1, 0.15) is 18.9 Å². The molecule has 2 atom stereocenters. The van der Waals surface area contributed by atoms with Crippen LogP contribution in [0.3, 0.4) is 0 Å². The monoisotopic (exact) mass is 306 g/mol. The van der Waals surface area contributed by atoms with Crippen molar-refractivity contribution in [1.82, 2.24) is 4.90 Å². The maximum atomic E-state index is 12.0. The van der Waals surface area contributed by atoms with Crippen molar-refractivity contribution in [2.75, 3.05) is 13.1 Å². The fourth-order valence-electron chi connectivity index (χ4n) is 2.62. The molecule has 20 heavy (non-hydrogen) atoms. The first kappa shape index (κ1) is 17.1. The zero-order valence-electron chi connectivity index (χ0n) is 11.5. The van der Waals surface area contributed by atoms with Crippen molar-refractivity contribution in [2.24, 2.45) is 11.7 Å². The largest absolute Gasteiger partial charge is 0.435 e. The predicted molar refractivity (Wildman–Crippen MR) is 77.4 cm³/mol. The summed E-state index contributed by atoms with van der Waals surface area (Å²) in [5.41, 5.74) is 6.81. The zero-order valence-corrected chi connectivity index (χ0v) is 12.3. The van der Waals surface area contributed by atoms with E-state index in [0.29, 0.717) is 12.0 Å². The van der Waals surface area contributed by atoms with Crippen LogP contribution in [0.15, 0.2) is 24.3 Å². The summed E-state index contributed by atoms with van der Waals surface area (Å²) in [5, 5.41) is 0. The molecule has 114 valence electrons. The van der Waals surface area contributed by atoms with E-state index in [9.17, 15) is 8.78 Å². The molecular weight excluding hydrogens is 286 g/mol. The molecule has 3 nitrogen and oxygen atoms in total. The number of hydrogen-bond donors (Lipinski definition) is 1. The highest BCUT2D eigenvalue weighted by molar-refractivity contribution is 5.85. The first-order chi connectivity index (χ1) is 9.08. The summed E-state index contributed by atoms with van der Waals surface area (Å²) < 4.78 is 28.4. The molecule has 1 aliphatic rings. The molecule has 1 saturated heterocycles. The topological polar surface area (TPSA) is 38.5 Å². The third-order valence-electron chi connectivity index (χ3n) is 3.66. The second-order valence-corrected chi connectivity index (χ2v) is 5.14. The molecule has 2 unspecified atom stereocenters. The third-order valence-corrected chi connectivity index (χ3v) is 3.66. The Kier molecular flexibility index (Phi) is 6.65. The van der Waals surface area contributed by atoms with Crippen LogP contribution in [-0.2, 0) is 6.54 Å². The number of benzene rings is 1. The number of hydrogen-bond acceptors (Lipinski definition) is 3. The SMILES string of the molecule is CC1CC(CN)CN1Cc1ccc(OC(F)F)cc1.Cl. The molecule has 1 heterocycles. The van der Waals surface area contributed by atoms with Gasteiger partial charge in [-0.05, 0) is 43.5 Å². The molecule has 0 radical (unpaired) electrons. The van der Waals surface area contributed by atoms with Gasteiger partial charge in [0, 0.05) is 19.1 Å². The Bertz CT molecular complexity index is 403. The van der Waals surface area contributed by atoms with Crippen LogP contribution < -0.4 is 10.5 Å². The van der Waals surface area contributed by atoms with Crippen molar-refractivity contribution in [3.8, 4) is 5.75 Å². The standard InChI is InChI=1S/C14H20F2N2O.ClH/c1-10-6-12(7-17)9-18(10)8-11-2-4-13(5-3-11)19-14(15)16;/h2-5,10,12,14H,6-9,17H2,1H3;1H. The van der Waals surface area contributed by atoms with Crippen molar-refractivity contribution >= 4 is 12.4 Å². The van der Waals surface area contributed by atoms with Gasteiger partial charge in [0.25, 0.3) is 0 Å². The van der Waals surface area contributed by atoms with Gasteiger partial charge in [-0.25, -0.2) is 0 Å². The first-order valence-corrected chi connectivity index (χ1v) is 6.56. The normalized spacial score (nSPS) is 22.9. The van der Waals surface area contributed by atoms with Gasteiger partial charge in [0.05, 0.1) is 0 Å². The molecule has 0 aromatic heterocycles. The fourth-order valence-corrected chi connectivity index (χ4v) is 2.62. The molecule has 0 amide bonds. The van der Waals surface area contributed by atoms with E-state index in [4.69, 9.17) is 5.73 Å². The van der Waals surface area contributed by atoms with Crippen LogP contribution in [0.25, 0.3) is 0 Å². The summed E-state index contributed by atoms with van der Waals surface area (Å²) in [6, 6.07) is 7.36. The maximum absolute atomic E-state index is 12.0. The van der Waals surface area contributed by atoms with E-state index in [1.54, 1.807) is 12.1 Å². The Morgan fingerprint density at radius 3 is 2.50 bits per heavy atom. The van der Waals surface area contributed by atoms with Crippen LogP contribution in [-0.4, -0.2) is 30.6 Å². The Labute approximate surface area is 124 Å². The van der Waals surface area contributed by atoms with E-state index >= 15 is 0 Å². The second kappa shape index (κ2) is 7.76. The quantitative estimate of drug-likeness (QED) is 0.909. The number of rotatable bonds is 5. The smallest absolute Gasteiger partial charge is 0.387 e. The first-order valence-electron chi connectivity index (χ1n) is 6.56. The third kappa shape index (κ3) is 4.58. The lowest BCUT2D eigenvalue weighted by Gasteiger charge is -2.21. The molecule has 2 N–H and O–H groups in total. The Morgan fingerprint density at radius 2 is 2.00 bits per heavy atom. The van der Waals surface area contributed by atoms with Crippen LogP contribution >= 0.6 is 12.4 Å². The average molecular weight is 307 g/mol. The molecule has 2 rings (SSSR count).